The lowest BCUT2D eigenvalue weighted by atomic mass is 10.1. The number of para-hydroxylation sites is 1. The lowest BCUT2D eigenvalue weighted by molar-refractivity contribution is -0.120. The van der Waals surface area contributed by atoms with Gasteiger partial charge in [-0.1, -0.05) is 42.5 Å². The van der Waals surface area contributed by atoms with E-state index in [1.807, 2.05) is 48.7 Å². The first kappa shape index (κ1) is 26.3. The number of rotatable bonds is 12. The van der Waals surface area contributed by atoms with Crippen LogP contribution in [0.2, 0.25) is 0 Å². The van der Waals surface area contributed by atoms with Gasteiger partial charge in [0.05, 0.1) is 7.11 Å². The summed E-state index contributed by atoms with van der Waals surface area (Å²) in [5.41, 5.74) is 3.96. The second kappa shape index (κ2) is 13.0. The Morgan fingerprint density at radius 2 is 1.71 bits per heavy atom. The number of benzene rings is 3. The van der Waals surface area contributed by atoms with Crippen LogP contribution in [-0.4, -0.2) is 55.5 Å². The van der Waals surface area contributed by atoms with Gasteiger partial charge < -0.3 is 20.4 Å². The monoisotopic (exact) mass is 510 g/mol. The summed E-state index contributed by atoms with van der Waals surface area (Å²) in [5.74, 6) is 0.142. The maximum atomic E-state index is 12.4. The van der Waals surface area contributed by atoms with Crippen molar-refractivity contribution in [2.24, 2.45) is 4.99 Å². The Bertz CT molecular complexity index is 1440. The maximum absolute atomic E-state index is 12.4. The second-order valence-electron chi connectivity index (χ2n) is 8.71. The number of ketones is 1. The summed E-state index contributed by atoms with van der Waals surface area (Å²) in [6.45, 7) is 0.739. The van der Waals surface area contributed by atoms with Crippen LogP contribution in [0.1, 0.15) is 38.3 Å². The van der Waals surface area contributed by atoms with Crippen LogP contribution >= 0.6 is 0 Å². The van der Waals surface area contributed by atoms with Gasteiger partial charge in [-0.25, -0.2) is 0 Å². The van der Waals surface area contributed by atoms with Crippen LogP contribution in [-0.2, 0) is 11.2 Å². The second-order valence-corrected chi connectivity index (χ2v) is 8.71. The van der Waals surface area contributed by atoms with Gasteiger partial charge >= 0.3 is 0 Å². The van der Waals surface area contributed by atoms with Crippen molar-refractivity contribution in [2.45, 2.75) is 12.8 Å². The van der Waals surface area contributed by atoms with Gasteiger partial charge in [-0.05, 0) is 47.9 Å². The Labute approximate surface area is 221 Å². The largest absolute Gasteiger partial charge is 0.497 e. The number of carbonyl (C=O) groups is 3. The fraction of sp³-hybridized carbons (Fsp3) is 0.200. The van der Waals surface area contributed by atoms with Crippen molar-refractivity contribution in [1.29, 1.82) is 0 Å². The minimum absolute atomic E-state index is 0.00181. The number of aromatic amines is 1. The van der Waals surface area contributed by atoms with E-state index in [1.165, 1.54) is 0 Å². The van der Waals surface area contributed by atoms with Crippen molar-refractivity contribution in [3.05, 3.63) is 101 Å². The summed E-state index contributed by atoms with van der Waals surface area (Å²) < 4.78 is 5.18. The first-order valence-electron chi connectivity index (χ1n) is 12.4. The molecule has 1 aromatic heterocycles. The maximum Gasteiger partial charge on any atom is 0.251 e. The van der Waals surface area contributed by atoms with Crippen molar-refractivity contribution in [3.63, 3.8) is 0 Å². The third-order valence-corrected chi connectivity index (χ3v) is 6.07. The molecule has 0 unspecified atom stereocenters. The number of nitrogens with zero attached hydrogens (tertiary/aromatic N) is 1. The highest BCUT2D eigenvalue weighted by molar-refractivity contribution is 6.00. The van der Waals surface area contributed by atoms with E-state index in [4.69, 9.17) is 4.74 Å². The van der Waals surface area contributed by atoms with E-state index in [0.29, 0.717) is 17.7 Å². The summed E-state index contributed by atoms with van der Waals surface area (Å²) in [6.07, 6.45) is 4.49. The molecule has 0 radical (unpaired) electrons. The summed E-state index contributed by atoms with van der Waals surface area (Å²) >= 11 is 0. The lowest BCUT2D eigenvalue weighted by Gasteiger charge is -2.07. The number of carbonyl (C=O) groups excluding carboxylic acids is 3. The third-order valence-electron chi connectivity index (χ3n) is 6.07. The smallest absolute Gasteiger partial charge is 0.251 e. The van der Waals surface area contributed by atoms with Gasteiger partial charge in [-0.15, -0.1) is 0 Å². The van der Waals surface area contributed by atoms with Crippen LogP contribution in [0.15, 0.2) is 84.0 Å². The van der Waals surface area contributed by atoms with Crippen LogP contribution in [0.4, 0.5) is 0 Å². The molecule has 8 heteroatoms. The standard InChI is InChI=1S/C30H30N4O4/c1-38-25-6-4-5-21(17-25)18-31-20-28(35)22-9-11-23(12-10-22)30(37)33-16-14-29(36)32-15-13-24-19-34-27-8-3-2-7-26(24)27/h2-12,17-19,34H,13-16,20H2,1H3,(H,32,36)(H,33,37). The van der Waals surface area contributed by atoms with Gasteiger partial charge in [0, 0.05) is 54.0 Å². The molecule has 0 fully saturated rings. The number of ether oxygens (including phenoxy) is 1. The normalized spacial score (nSPS) is 11.0. The number of amides is 2. The Balaban J connectivity index is 1.16. The molecule has 2 amide bonds. The number of H-pyrrole nitrogens is 1. The van der Waals surface area contributed by atoms with Crippen molar-refractivity contribution in [2.75, 3.05) is 26.7 Å². The zero-order valence-corrected chi connectivity index (χ0v) is 21.2. The Kier molecular flexibility index (Phi) is 9.02. The molecule has 0 aliphatic rings. The average Bonchev–Trinajstić information content (AvgIpc) is 3.36. The average molecular weight is 511 g/mol. The molecule has 0 saturated heterocycles. The molecule has 4 rings (SSSR count). The third kappa shape index (κ3) is 7.16. The van der Waals surface area contributed by atoms with E-state index in [-0.39, 0.29) is 37.1 Å². The molecule has 3 aromatic carbocycles. The van der Waals surface area contributed by atoms with Gasteiger partial charge in [0.25, 0.3) is 5.91 Å². The fourth-order valence-electron chi connectivity index (χ4n) is 4.01. The molecule has 0 spiro atoms. The van der Waals surface area contributed by atoms with E-state index in [9.17, 15) is 14.4 Å². The molecule has 3 N–H and O–H groups in total. The predicted octanol–water partition coefficient (Wildman–Crippen LogP) is 3.96. The molecular weight excluding hydrogens is 480 g/mol. The zero-order valence-electron chi connectivity index (χ0n) is 21.2. The highest BCUT2D eigenvalue weighted by Crippen LogP contribution is 2.17. The molecule has 1 heterocycles. The summed E-state index contributed by atoms with van der Waals surface area (Å²) in [4.78, 5) is 44.4. The topological polar surface area (TPSA) is 113 Å². The first-order valence-corrected chi connectivity index (χ1v) is 12.4. The van der Waals surface area contributed by atoms with Gasteiger partial charge in [0.2, 0.25) is 5.91 Å². The van der Waals surface area contributed by atoms with Crippen LogP contribution in [0.3, 0.4) is 0 Å². The van der Waals surface area contributed by atoms with Crippen LogP contribution < -0.4 is 15.4 Å². The number of methoxy groups -OCH3 is 1. The Hall–Kier alpha value is -4.72. The first-order chi connectivity index (χ1) is 18.5. The quantitative estimate of drug-likeness (QED) is 0.198. The minimum atomic E-state index is -0.299. The number of aliphatic imine (C=N–C) groups is 1. The number of fused-ring (bicyclic) bond motifs is 1. The zero-order chi connectivity index (χ0) is 26.7. The molecule has 0 atom stereocenters. The van der Waals surface area contributed by atoms with Crippen LogP contribution in [0, 0.1) is 0 Å². The molecule has 0 aliphatic heterocycles. The van der Waals surface area contributed by atoms with Crippen LogP contribution in [0.25, 0.3) is 10.9 Å². The number of hydrogen-bond donors (Lipinski definition) is 3. The highest BCUT2D eigenvalue weighted by Gasteiger charge is 2.10. The van der Waals surface area contributed by atoms with E-state index >= 15 is 0 Å². The molecule has 0 saturated carbocycles. The van der Waals surface area contributed by atoms with Gasteiger partial charge in [-0.2, -0.15) is 0 Å². The SMILES string of the molecule is COc1cccc(C=NCC(=O)c2ccc(C(=O)NCCC(=O)NCCc3c[nH]c4ccccc34)cc2)c1. The number of nitrogens with one attached hydrogen (secondary N) is 3. The predicted molar refractivity (Wildman–Crippen MR) is 148 cm³/mol. The number of Topliss-reactive ketones (excluding diaryl/α,β-unsaturated/α-hetero) is 1. The molecule has 38 heavy (non-hydrogen) atoms. The summed E-state index contributed by atoms with van der Waals surface area (Å²) in [5, 5.41) is 6.79. The summed E-state index contributed by atoms with van der Waals surface area (Å²) in [6, 6.07) is 21.8. The molecular formula is C30H30N4O4. The minimum Gasteiger partial charge on any atom is -0.497 e. The van der Waals surface area contributed by atoms with Crippen molar-refractivity contribution in [1.82, 2.24) is 15.6 Å². The molecule has 8 nitrogen and oxygen atoms in total. The molecule has 0 aliphatic carbocycles. The lowest BCUT2D eigenvalue weighted by Crippen LogP contribution is -2.31. The van der Waals surface area contributed by atoms with Gasteiger partial charge in [-0.3, -0.25) is 19.4 Å². The van der Waals surface area contributed by atoms with E-state index in [2.05, 4.69) is 26.7 Å². The van der Waals surface area contributed by atoms with E-state index in [0.717, 1.165) is 34.2 Å². The van der Waals surface area contributed by atoms with Crippen molar-refractivity contribution >= 4 is 34.7 Å². The van der Waals surface area contributed by atoms with E-state index in [1.54, 1.807) is 37.6 Å². The number of aromatic nitrogens is 1. The Morgan fingerprint density at radius 1 is 0.921 bits per heavy atom. The van der Waals surface area contributed by atoms with Gasteiger partial charge in [0.15, 0.2) is 5.78 Å². The summed E-state index contributed by atoms with van der Waals surface area (Å²) in [7, 11) is 1.59. The van der Waals surface area contributed by atoms with Crippen molar-refractivity contribution < 1.29 is 19.1 Å². The molecule has 0 bridgehead atoms. The highest BCUT2D eigenvalue weighted by atomic mass is 16.5. The number of hydrogen-bond acceptors (Lipinski definition) is 5. The Morgan fingerprint density at radius 3 is 2.53 bits per heavy atom. The van der Waals surface area contributed by atoms with Crippen molar-refractivity contribution in [3.8, 4) is 5.75 Å². The van der Waals surface area contributed by atoms with Gasteiger partial charge in [0.1, 0.15) is 12.3 Å². The fourth-order valence-corrected chi connectivity index (χ4v) is 4.01. The van der Waals surface area contributed by atoms with Crippen LogP contribution in [0.5, 0.6) is 5.75 Å². The molecule has 194 valence electrons. The molecule has 4 aromatic rings. The van der Waals surface area contributed by atoms with E-state index < -0.39 is 0 Å².